The Morgan fingerprint density at radius 2 is 2.00 bits per heavy atom. The lowest BCUT2D eigenvalue weighted by Crippen LogP contribution is -2.35. The van der Waals surface area contributed by atoms with E-state index >= 15 is 0 Å². The summed E-state index contributed by atoms with van der Waals surface area (Å²) in [5, 5.41) is 1.75. The lowest BCUT2D eigenvalue weighted by atomic mass is 10.0. The topological polar surface area (TPSA) is 79.5 Å². The van der Waals surface area contributed by atoms with Crippen molar-refractivity contribution in [2.45, 2.75) is 25.9 Å². The number of aromatic nitrogens is 2. The second-order valence-electron chi connectivity index (χ2n) is 6.80. The van der Waals surface area contributed by atoms with Gasteiger partial charge in [0.1, 0.15) is 17.0 Å². The Hall–Kier alpha value is -2.90. The number of para-hydroxylation sites is 2. The molecule has 1 atom stereocenters. The van der Waals surface area contributed by atoms with Crippen molar-refractivity contribution in [2.24, 2.45) is 0 Å². The van der Waals surface area contributed by atoms with Gasteiger partial charge in [0, 0.05) is 17.7 Å². The van der Waals surface area contributed by atoms with Crippen molar-refractivity contribution < 1.29 is 9.57 Å². The maximum atomic E-state index is 12.8. The van der Waals surface area contributed by atoms with Crippen LogP contribution < -0.4 is 15.7 Å². The molecular formula is C20H20N4O3. The number of hydrogen-bond donors (Lipinski definition) is 2. The van der Waals surface area contributed by atoms with E-state index in [4.69, 9.17) is 14.6 Å². The van der Waals surface area contributed by atoms with Gasteiger partial charge in [-0.15, -0.1) is 5.17 Å². The van der Waals surface area contributed by atoms with Crippen LogP contribution in [0.1, 0.15) is 24.8 Å². The molecule has 1 aromatic heterocycles. The van der Waals surface area contributed by atoms with Crippen molar-refractivity contribution in [3.63, 3.8) is 0 Å². The predicted octanol–water partition coefficient (Wildman–Crippen LogP) is 3.23. The quantitative estimate of drug-likeness (QED) is 0.638. The van der Waals surface area contributed by atoms with Crippen molar-refractivity contribution in [2.75, 3.05) is 18.6 Å². The summed E-state index contributed by atoms with van der Waals surface area (Å²) in [5.41, 5.74) is 7.45. The third kappa shape index (κ3) is 2.94. The summed E-state index contributed by atoms with van der Waals surface area (Å²) in [4.78, 5) is 26.2. The van der Waals surface area contributed by atoms with Crippen LogP contribution in [-0.4, -0.2) is 28.3 Å². The third-order valence-electron chi connectivity index (χ3n) is 4.97. The molecule has 4 bridgehead atoms. The molecule has 2 N–H and O–H groups in total. The number of hydrogen-bond acceptors (Lipinski definition) is 6. The lowest BCUT2D eigenvalue weighted by molar-refractivity contribution is -0.158. The van der Waals surface area contributed by atoms with E-state index in [0.29, 0.717) is 35.7 Å². The number of benzene rings is 2. The second-order valence-corrected chi connectivity index (χ2v) is 6.80. The molecule has 0 amide bonds. The standard InChI is InChI=1S/C20H20N4O3/c25-20-18-14-7-4-6-13-12-27-24(23-17(13)14)10-2-1-3-11-26-16-9-5-8-15(21-20)19(16)22-18/h4-9,23H,1-3,10-12H2,(H,21,25). The number of hydrazine groups is 1. The Morgan fingerprint density at radius 1 is 1.07 bits per heavy atom. The van der Waals surface area contributed by atoms with E-state index in [0.717, 1.165) is 42.6 Å². The van der Waals surface area contributed by atoms with E-state index in [-0.39, 0.29) is 5.56 Å². The molecule has 0 saturated heterocycles. The molecule has 3 heterocycles. The summed E-state index contributed by atoms with van der Waals surface area (Å²) in [6.45, 7) is 1.84. The highest BCUT2D eigenvalue weighted by Crippen LogP contribution is 2.33. The molecule has 2 aliphatic rings. The van der Waals surface area contributed by atoms with Crippen LogP contribution in [0, 0.1) is 0 Å². The Labute approximate surface area is 155 Å². The molecule has 7 nitrogen and oxygen atoms in total. The van der Waals surface area contributed by atoms with Gasteiger partial charge >= 0.3 is 0 Å². The van der Waals surface area contributed by atoms with Crippen LogP contribution in [0.5, 0.6) is 5.75 Å². The number of nitrogens with zero attached hydrogens (tertiary/aromatic N) is 2. The van der Waals surface area contributed by atoms with E-state index < -0.39 is 0 Å². The molecule has 0 radical (unpaired) electrons. The minimum Gasteiger partial charge on any atom is -0.491 e. The number of fused-ring (bicyclic) bond motifs is 3. The molecule has 2 aromatic carbocycles. The van der Waals surface area contributed by atoms with E-state index in [9.17, 15) is 4.79 Å². The van der Waals surface area contributed by atoms with Gasteiger partial charge < -0.3 is 9.72 Å². The van der Waals surface area contributed by atoms with Gasteiger partial charge in [-0.3, -0.25) is 15.1 Å². The zero-order valence-electron chi connectivity index (χ0n) is 14.8. The van der Waals surface area contributed by atoms with E-state index in [2.05, 4.69) is 10.4 Å². The van der Waals surface area contributed by atoms with Gasteiger partial charge in [-0.25, -0.2) is 4.98 Å². The molecule has 5 rings (SSSR count). The summed E-state index contributed by atoms with van der Waals surface area (Å²) in [7, 11) is 0. The molecule has 0 saturated carbocycles. The van der Waals surface area contributed by atoms with Gasteiger partial charge in [0.2, 0.25) is 0 Å². The summed E-state index contributed by atoms with van der Waals surface area (Å²) in [6, 6.07) is 11.4. The van der Waals surface area contributed by atoms with E-state index in [1.54, 1.807) is 5.17 Å². The Bertz CT molecular complexity index is 1060. The fraction of sp³-hybridized carbons (Fsp3) is 0.300. The minimum atomic E-state index is -0.222. The predicted molar refractivity (Wildman–Crippen MR) is 102 cm³/mol. The number of H-pyrrole nitrogens is 1. The normalized spacial score (nSPS) is 19.2. The largest absolute Gasteiger partial charge is 0.491 e. The molecule has 3 aromatic rings. The molecule has 7 heteroatoms. The number of ether oxygens (including phenoxy) is 1. The number of nitrogens with one attached hydrogen (secondary N) is 2. The summed E-state index contributed by atoms with van der Waals surface area (Å²) >= 11 is 0. The Balaban J connectivity index is 1.74. The van der Waals surface area contributed by atoms with Gasteiger partial charge in [0.15, 0.2) is 0 Å². The molecule has 2 aliphatic heterocycles. The highest BCUT2D eigenvalue weighted by atomic mass is 16.7. The van der Waals surface area contributed by atoms with Crippen LogP contribution in [0.3, 0.4) is 0 Å². The number of rotatable bonds is 0. The number of hydroxylamine groups is 1. The highest BCUT2D eigenvalue weighted by molar-refractivity contribution is 5.85. The smallest absolute Gasteiger partial charge is 0.275 e. The van der Waals surface area contributed by atoms with Crippen LogP contribution in [0.25, 0.3) is 22.3 Å². The molecule has 138 valence electrons. The summed E-state index contributed by atoms with van der Waals surface area (Å²) in [5.74, 6) is 0.699. The summed E-state index contributed by atoms with van der Waals surface area (Å²) in [6.07, 6.45) is 2.97. The van der Waals surface area contributed by atoms with Crippen LogP contribution in [-0.2, 0) is 11.4 Å². The SMILES string of the molecule is O=c1[nH]c2cccc3c2nc1-c1cccc2c1NN(CCCCCO3)OC2. The third-order valence-corrected chi connectivity index (χ3v) is 4.97. The molecule has 0 fully saturated rings. The summed E-state index contributed by atoms with van der Waals surface area (Å²) < 4.78 is 5.96. The van der Waals surface area contributed by atoms with E-state index in [1.807, 2.05) is 36.4 Å². The van der Waals surface area contributed by atoms with Crippen molar-refractivity contribution >= 4 is 16.7 Å². The van der Waals surface area contributed by atoms with E-state index in [1.165, 1.54) is 0 Å². The first-order chi connectivity index (χ1) is 13.3. The number of anilines is 1. The Morgan fingerprint density at radius 3 is 2.96 bits per heavy atom. The molecule has 0 spiro atoms. The first-order valence-corrected chi connectivity index (χ1v) is 9.25. The molecule has 27 heavy (non-hydrogen) atoms. The monoisotopic (exact) mass is 364 g/mol. The molecule has 0 aliphatic carbocycles. The van der Waals surface area contributed by atoms with Crippen molar-refractivity contribution in [1.29, 1.82) is 0 Å². The van der Waals surface area contributed by atoms with Gasteiger partial charge in [0.25, 0.3) is 5.56 Å². The first-order valence-electron chi connectivity index (χ1n) is 9.25. The number of aromatic amines is 1. The Kier molecular flexibility index (Phi) is 4.03. The fourth-order valence-corrected chi connectivity index (χ4v) is 3.57. The van der Waals surface area contributed by atoms with Crippen molar-refractivity contribution in [3.05, 3.63) is 52.3 Å². The van der Waals surface area contributed by atoms with Gasteiger partial charge in [-0.2, -0.15) is 0 Å². The average molecular weight is 364 g/mol. The average Bonchev–Trinajstić information content (AvgIpc) is 2.69. The van der Waals surface area contributed by atoms with Crippen molar-refractivity contribution in [3.8, 4) is 17.0 Å². The van der Waals surface area contributed by atoms with Crippen LogP contribution in [0.4, 0.5) is 5.69 Å². The fourth-order valence-electron chi connectivity index (χ4n) is 3.57. The van der Waals surface area contributed by atoms with Crippen LogP contribution in [0.2, 0.25) is 0 Å². The lowest BCUT2D eigenvalue weighted by Gasteiger charge is -2.31. The van der Waals surface area contributed by atoms with Crippen molar-refractivity contribution in [1.82, 2.24) is 15.1 Å². The van der Waals surface area contributed by atoms with Crippen LogP contribution >= 0.6 is 0 Å². The first kappa shape index (κ1) is 16.3. The maximum absolute atomic E-state index is 12.8. The minimum absolute atomic E-state index is 0.222. The molecule has 1 unspecified atom stereocenters. The van der Waals surface area contributed by atoms with Gasteiger partial charge in [-0.05, 0) is 31.4 Å². The zero-order chi connectivity index (χ0) is 18.2. The molecular weight excluding hydrogens is 344 g/mol. The zero-order valence-corrected chi connectivity index (χ0v) is 14.8. The van der Waals surface area contributed by atoms with Gasteiger partial charge in [0.05, 0.1) is 24.4 Å². The van der Waals surface area contributed by atoms with Crippen LogP contribution in [0.15, 0.2) is 41.2 Å². The van der Waals surface area contributed by atoms with Gasteiger partial charge in [-0.1, -0.05) is 24.3 Å². The maximum Gasteiger partial charge on any atom is 0.275 e. The highest BCUT2D eigenvalue weighted by Gasteiger charge is 2.22. The second kappa shape index (κ2) is 6.68.